The summed E-state index contributed by atoms with van der Waals surface area (Å²) in [7, 11) is 0. The quantitative estimate of drug-likeness (QED) is 0.816. The number of aromatic nitrogens is 1. The predicted molar refractivity (Wildman–Crippen MR) is 61.9 cm³/mol. The summed E-state index contributed by atoms with van der Waals surface area (Å²) >= 11 is 0. The molecule has 0 atom stereocenters. The van der Waals surface area contributed by atoms with Gasteiger partial charge in [0.25, 0.3) is 0 Å². The van der Waals surface area contributed by atoms with Gasteiger partial charge in [-0.25, -0.2) is 0 Å². The van der Waals surface area contributed by atoms with Crippen LogP contribution in [-0.2, 0) is 16.0 Å². The Morgan fingerprint density at radius 2 is 2.28 bits per heavy atom. The Balaban J connectivity index is 1.91. The molecular weight excluding hydrogens is 236 g/mol. The van der Waals surface area contributed by atoms with Crippen LogP contribution in [0, 0.1) is 6.92 Å². The number of nitrogens with one attached hydrogen (secondary N) is 1. The Morgan fingerprint density at radius 1 is 1.56 bits per heavy atom. The molecule has 18 heavy (non-hydrogen) atoms. The number of carboxylic acid groups (broad SMARTS) is 1. The Labute approximate surface area is 104 Å². The lowest BCUT2D eigenvalue weighted by Gasteiger charge is -2.41. The van der Waals surface area contributed by atoms with Crippen LogP contribution in [0.15, 0.2) is 10.6 Å². The van der Waals surface area contributed by atoms with Crippen molar-refractivity contribution in [3.63, 3.8) is 0 Å². The molecule has 0 saturated heterocycles. The first-order chi connectivity index (χ1) is 8.49. The molecule has 0 bridgehead atoms. The van der Waals surface area contributed by atoms with Crippen LogP contribution in [0.2, 0.25) is 0 Å². The molecule has 2 N–H and O–H groups in total. The monoisotopic (exact) mass is 252 g/mol. The average molecular weight is 252 g/mol. The van der Waals surface area contributed by atoms with Gasteiger partial charge in [0, 0.05) is 6.07 Å². The van der Waals surface area contributed by atoms with E-state index < -0.39 is 11.5 Å². The minimum absolute atomic E-state index is 0.0173. The summed E-state index contributed by atoms with van der Waals surface area (Å²) in [6.45, 7) is 1.76. The van der Waals surface area contributed by atoms with Gasteiger partial charge in [-0.2, -0.15) is 0 Å². The number of hydrogen-bond donors (Lipinski definition) is 2. The van der Waals surface area contributed by atoms with E-state index in [2.05, 4.69) is 10.5 Å². The van der Waals surface area contributed by atoms with E-state index >= 15 is 0 Å². The third-order valence-electron chi connectivity index (χ3n) is 3.22. The number of carbonyl (C=O) groups is 2. The van der Waals surface area contributed by atoms with E-state index in [0.717, 1.165) is 19.3 Å². The highest BCUT2D eigenvalue weighted by Gasteiger charge is 2.40. The van der Waals surface area contributed by atoms with Gasteiger partial charge in [-0.1, -0.05) is 5.16 Å². The molecule has 1 aliphatic carbocycles. The topological polar surface area (TPSA) is 92.4 Å². The van der Waals surface area contributed by atoms with E-state index in [9.17, 15) is 9.59 Å². The number of carboxylic acids is 1. The number of aryl methyl sites for hydroxylation is 1. The van der Waals surface area contributed by atoms with E-state index in [4.69, 9.17) is 9.63 Å². The van der Waals surface area contributed by atoms with Crippen LogP contribution >= 0.6 is 0 Å². The summed E-state index contributed by atoms with van der Waals surface area (Å²) in [5.74, 6) is -0.432. The van der Waals surface area contributed by atoms with E-state index in [1.165, 1.54) is 0 Å². The number of aliphatic carboxylic acids is 1. The summed E-state index contributed by atoms with van der Waals surface area (Å²) in [5, 5.41) is 15.4. The number of amides is 1. The highest BCUT2D eigenvalue weighted by Crippen LogP contribution is 2.34. The minimum Gasteiger partial charge on any atom is -0.481 e. The molecule has 1 saturated carbocycles. The first-order valence-corrected chi connectivity index (χ1v) is 5.94. The second-order valence-corrected chi connectivity index (χ2v) is 4.86. The zero-order valence-corrected chi connectivity index (χ0v) is 10.2. The Hall–Kier alpha value is -1.85. The highest BCUT2D eigenvalue weighted by atomic mass is 16.5. The fraction of sp³-hybridized carbons (Fsp3) is 0.583. The Kier molecular flexibility index (Phi) is 3.36. The van der Waals surface area contributed by atoms with Crippen molar-refractivity contribution in [3.05, 3.63) is 17.5 Å². The molecular formula is C12H16N2O4. The van der Waals surface area contributed by atoms with Gasteiger partial charge in [-0.15, -0.1) is 0 Å². The largest absolute Gasteiger partial charge is 0.481 e. The van der Waals surface area contributed by atoms with Crippen LogP contribution < -0.4 is 5.32 Å². The molecule has 1 aliphatic rings. The van der Waals surface area contributed by atoms with Crippen LogP contribution in [0.25, 0.3) is 0 Å². The molecule has 2 rings (SSSR count). The van der Waals surface area contributed by atoms with E-state index in [0.29, 0.717) is 11.5 Å². The maximum absolute atomic E-state index is 11.8. The number of rotatable bonds is 5. The van der Waals surface area contributed by atoms with Gasteiger partial charge in [0.05, 0.1) is 24.1 Å². The lowest BCUT2D eigenvalue weighted by Crippen LogP contribution is -2.55. The first kappa shape index (κ1) is 12.6. The molecule has 0 spiro atoms. The van der Waals surface area contributed by atoms with E-state index in [1.54, 1.807) is 13.0 Å². The fourth-order valence-electron chi connectivity index (χ4n) is 2.24. The average Bonchev–Trinajstić information content (AvgIpc) is 2.59. The van der Waals surface area contributed by atoms with Gasteiger partial charge in [0.1, 0.15) is 5.76 Å². The molecule has 98 valence electrons. The van der Waals surface area contributed by atoms with Crippen LogP contribution in [-0.4, -0.2) is 27.7 Å². The molecule has 0 aromatic carbocycles. The summed E-state index contributed by atoms with van der Waals surface area (Å²) < 4.78 is 4.88. The Bertz CT molecular complexity index is 462. The van der Waals surface area contributed by atoms with Crippen molar-refractivity contribution >= 4 is 11.9 Å². The fourth-order valence-corrected chi connectivity index (χ4v) is 2.24. The number of nitrogens with zero attached hydrogens (tertiary/aromatic N) is 1. The van der Waals surface area contributed by atoms with Crippen LogP contribution in [0.3, 0.4) is 0 Å². The van der Waals surface area contributed by atoms with Gasteiger partial charge in [0.2, 0.25) is 5.91 Å². The second kappa shape index (κ2) is 4.80. The maximum atomic E-state index is 11.8. The summed E-state index contributed by atoms with van der Waals surface area (Å²) in [4.78, 5) is 22.6. The third-order valence-corrected chi connectivity index (χ3v) is 3.22. The Morgan fingerprint density at radius 3 is 2.72 bits per heavy atom. The van der Waals surface area contributed by atoms with Crippen molar-refractivity contribution in [2.75, 3.05) is 0 Å². The van der Waals surface area contributed by atoms with E-state index in [1.807, 2.05) is 0 Å². The smallest absolute Gasteiger partial charge is 0.305 e. The molecule has 1 heterocycles. The molecule has 1 fully saturated rings. The normalized spacial score (nSPS) is 16.9. The molecule has 0 aliphatic heterocycles. The van der Waals surface area contributed by atoms with Crippen molar-refractivity contribution in [3.8, 4) is 0 Å². The SMILES string of the molecule is Cc1cc(CC(=O)NC2(CC(=O)O)CCC2)no1. The van der Waals surface area contributed by atoms with Crippen LogP contribution in [0.4, 0.5) is 0 Å². The summed E-state index contributed by atoms with van der Waals surface area (Å²) in [6, 6.07) is 1.70. The van der Waals surface area contributed by atoms with Crippen molar-refractivity contribution < 1.29 is 19.2 Å². The lowest BCUT2D eigenvalue weighted by molar-refractivity contribution is -0.140. The molecule has 1 amide bonds. The molecule has 6 heteroatoms. The molecule has 0 radical (unpaired) electrons. The highest BCUT2D eigenvalue weighted by molar-refractivity contribution is 5.80. The van der Waals surface area contributed by atoms with Crippen molar-refractivity contribution in [2.45, 2.75) is 44.6 Å². The molecule has 1 aromatic heterocycles. The van der Waals surface area contributed by atoms with Gasteiger partial charge >= 0.3 is 5.97 Å². The van der Waals surface area contributed by atoms with Gasteiger partial charge < -0.3 is 14.9 Å². The zero-order valence-electron chi connectivity index (χ0n) is 10.2. The number of hydrogen-bond acceptors (Lipinski definition) is 4. The van der Waals surface area contributed by atoms with Gasteiger partial charge in [-0.3, -0.25) is 9.59 Å². The van der Waals surface area contributed by atoms with Gasteiger partial charge in [0.15, 0.2) is 0 Å². The molecule has 1 aromatic rings. The van der Waals surface area contributed by atoms with E-state index in [-0.39, 0.29) is 18.7 Å². The second-order valence-electron chi connectivity index (χ2n) is 4.86. The zero-order chi connectivity index (χ0) is 13.2. The van der Waals surface area contributed by atoms with Gasteiger partial charge in [-0.05, 0) is 26.2 Å². The lowest BCUT2D eigenvalue weighted by atomic mass is 9.74. The predicted octanol–water partition coefficient (Wildman–Crippen LogP) is 1.04. The van der Waals surface area contributed by atoms with Crippen molar-refractivity contribution in [1.82, 2.24) is 10.5 Å². The summed E-state index contributed by atoms with van der Waals surface area (Å²) in [6.07, 6.45) is 2.51. The van der Waals surface area contributed by atoms with Crippen LogP contribution in [0.1, 0.15) is 37.1 Å². The van der Waals surface area contributed by atoms with Crippen molar-refractivity contribution in [1.29, 1.82) is 0 Å². The molecule has 6 nitrogen and oxygen atoms in total. The minimum atomic E-state index is -0.882. The maximum Gasteiger partial charge on any atom is 0.305 e. The molecule has 0 unspecified atom stereocenters. The van der Waals surface area contributed by atoms with Crippen LogP contribution in [0.5, 0.6) is 0 Å². The number of carbonyl (C=O) groups excluding carboxylic acids is 1. The summed E-state index contributed by atoms with van der Waals surface area (Å²) in [5.41, 5.74) is 0.0108. The third kappa shape index (κ3) is 2.88. The standard InChI is InChI=1S/C12H16N2O4/c1-8-5-9(14-18-8)6-10(15)13-12(3-2-4-12)7-11(16)17/h5H,2-4,6-7H2,1H3,(H,13,15)(H,16,17). The van der Waals surface area contributed by atoms with Crippen molar-refractivity contribution in [2.24, 2.45) is 0 Å². The first-order valence-electron chi connectivity index (χ1n) is 5.94.